The number of carbonyl (C=O) groups excluding carboxylic acids is 1. The summed E-state index contributed by atoms with van der Waals surface area (Å²) in [6.45, 7) is 0. The minimum absolute atomic E-state index is 0.0837. The molecule has 1 amide bonds. The Kier molecular flexibility index (Phi) is 2.60. The number of nitrogens with one attached hydrogen (secondary N) is 1. The van der Waals surface area contributed by atoms with Gasteiger partial charge in [0.25, 0.3) is 0 Å². The Bertz CT molecular complexity index is 447. The van der Waals surface area contributed by atoms with E-state index in [9.17, 15) is 14.0 Å². The van der Waals surface area contributed by atoms with Crippen LogP contribution in [0, 0.1) is 5.82 Å². The number of rotatable bonds is 2. The molecule has 5 heteroatoms. The van der Waals surface area contributed by atoms with E-state index in [-0.39, 0.29) is 12.3 Å². The number of hydrogen-bond donors (Lipinski definition) is 2. The Hall–Kier alpha value is -1.91. The first-order valence-electron chi connectivity index (χ1n) is 4.85. The molecule has 4 nitrogen and oxygen atoms in total. The maximum atomic E-state index is 13.0. The third-order valence-corrected chi connectivity index (χ3v) is 2.67. The molecule has 16 heavy (non-hydrogen) atoms. The number of halogens is 1. The van der Waals surface area contributed by atoms with Gasteiger partial charge in [-0.1, -0.05) is 12.1 Å². The van der Waals surface area contributed by atoms with Crippen molar-refractivity contribution in [3.63, 3.8) is 0 Å². The van der Waals surface area contributed by atoms with Gasteiger partial charge in [0.1, 0.15) is 11.9 Å². The zero-order chi connectivity index (χ0) is 11.7. The van der Waals surface area contributed by atoms with Gasteiger partial charge in [0, 0.05) is 12.3 Å². The standard InChI is InChI=1S/C11H10FNO3/c12-7-3-1-2-6(4-7)8-5-9(14)13-10(8)11(15)16/h1-4,8,10H,5H2,(H,13,14)(H,15,16). The Morgan fingerprint density at radius 2 is 2.25 bits per heavy atom. The predicted molar refractivity (Wildman–Crippen MR) is 53.3 cm³/mol. The van der Waals surface area contributed by atoms with E-state index in [1.807, 2.05) is 0 Å². The van der Waals surface area contributed by atoms with Gasteiger partial charge in [-0.2, -0.15) is 0 Å². The topological polar surface area (TPSA) is 66.4 Å². The van der Waals surface area contributed by atoms with Crippen LogP contribution in [0.5, 0.6) is 0 Å². The Morgan fingerprint density at radius 3 is 2.88 bits per heavy atom. The van der Waals surface area contributed by atoms with Crippen molar-refractivity contribution < 1.29 is 19.1 Å². The molecule has 0 saturated carbocycles. The fraction of sp³-hybridized carbons (Fsp3) is 0.273. The van der Waals surface area contributed by atoms with Gasteiger partial charge in [-0.15, -0.1) is 0 Å². The molecule has 0 aliphatic carbocycles. The maximum Gasteiger partial charge on any atom is 0.326 e. The third-order valence-electron chi connectivity index (χ3n) is 2.67. The minimum atomic E-state index is -1.10. The average molecular weight is 223 g/mol. The fourth-order valence-electron chi connectivity index (χ4n) is 1.93. The number of hydrogen-bond acceptors (Lipinski definition) is 2. The van der Waals surface area contributed by atoms with Crippen molar-refractivity contribution >= 4 is 11.9 Å². The number of benzene rings is 1. The van der Waals surface area contributed by atoms with Crippen LogP contribution in [0.1, 0.15) is 17.9 Å². The molecule has 84 valence electrons. The van der Waals surface area contributed by atoms with Crippen molar-refractivity contribution in [2.75, 3.05) is 0 Å². The van der Waals surface area contributed by atoms with Crippen molar-refractivity contribution in [3.8, 4) is 0 Å². The zero-order valence-corrected chi connectivity index (χ0v) is 8.31. The molecule has 1 saturated heterocycles. The fourth-order valence-corrected chi connectivity index (χ4v) is 1.93. The normalized spacial score (nSPS) is 24.2. The lowest BCUT2D eigenvalue weighted by Crippen LogP contribution is -2.36. The summed E-state index contributed by atoms with van der Waals surface area (Å²) in [5.74, 6) is -2.34. The molecule has 2 rings (SSSR count). The van der Waals surface area contributed by atoms with Gasteiger partial charge in [-0.25, -0.2) is 9.18 Å². The zero-order valence-electron chi connectivity index (χ0n) is 8.31. The molecule has 0 aromatic heterocycles. The van der Waals surface area contributed by atoms with Crippen LogP contribution >= 0.6 is 0 Å². The monoisotopic (exact) mass is 223 g/mol. The lowest BCUT2D eigenvalue weighted by molar-refractivity contribution is -0.140. The Morgan fingerprint density at radius 1 is 1.50 bits per heavy atom. The van der Waals surface area contributed by atoms with E-state index in [0.717, 1.165) is 0 Å². The lowest BCUT2D eigenvalue weighted by Gasteiger charge is -2.14. The van der Waals surface area contributed by atoms with Crippen LogP contribution in [0.15, 0.2) is 24.3 Å². The van der Waals surface area contributed by atoms with E-state index in [4.69, 9.17) is 5.11 Å². The molecule has 2 unspecified atom stereocenters. The van der Waals surface area contributed by atoms with E-state index in [1.54, 1.807) is 6.07 Å². The summed E-state index contributed by atoms with van der Waals surface area (Å²) in [6.07, 6.45) is 0.0837. The highest BCUT2D eigenvalue weighted by Gasteiger charge is 2.38. The number of carboxylic acid groups (broad SMARTS) is 1. The van der Waals surface area contributed by atoms with E-state index >= 15 is 0 Å². The molecular weight excluding hydrogens is 213 g/mol. The minimum Gasteiger partial charge on any atom is -0.480 e. The molecule has 1 aromatic rings. The molecule has 2 atom stereocenters. The largest absolute Gasteiger partial charge is 0.480 e. The van der Waals surface area contributed by atoms with Crippen LogP contribution in [0.25, 0.3) is 0 Å². The van der Waals surface area contributed by atoms with Crippen LogP contribution in [-0.4, -0.2) is 23.0 Å². The Balaban J connectivity index is 2.32. The second-order valence-electron chi connectivity index (χ2n) is 3.75. The second-order valence-corrected chi connectivity index (χ2v) is 3.75. The van der Waals surface area contributed by atoms with Crippen molar-refractivity contribution in [2.45, 2.75) is 18.4 Å². The summed E-state index contributed by atoms with van der Waals surface area (Å²) >= 11 is 0. The summed E-state index contributed by atoms with van der Waals surface area (Å²) in [6, 6.07) is 4.72. The second kappa shape index (κ2) is 3.92. The van der Waals surface area contributed by atoms with Gasteiger partial charge in [0.15, 0.2) is 0 Å². The molecule has 0 spiro atoms. The van der Waals surface area contributed by atoms with Gasteiger partial charge < -0.3 is 10.4 Å². The SMILES string of the molecule is O=C1CC(c2cccc(F)c2)C(C(=O)O)N1. The van der Waals surface area contributed by atoms with Crippen LogP contribution < -0.4 is 5.32 Å². The predicted octanol–water partition coefficient (Wildman–Crippen LogP) is 0.882. The molecule has 1 fully saturated rings. The molecule has 1 heterocycles. The van der Waals surface area contributed by atoms with Crippen molar-refractivity contribution in [3.05, 3.63) is 35.6 Å². The average Bonchev–Trinajstić information content (AvgIpc) is 2.60. The van der Waals surface area contributed by atoms with E-state index in [1.165, 1.54) is 18.2 Å². The lowest BCUT2D eigenvalue weighted by atomic mass is 9.92. The number of carbonyl (C=O) groups is 2. The maximum absolute atomic E-state index is 13.0. The van der Waals surface area contributed by atoms with E-state index in [0.29, 0.717) is 5.56 Å². The van der Waals surface area contributed by atoms with Crippen molar-refractivity contribution in [1.82, 2.24) is 5.32 Å². The molecule has 1 aromatic carbocycles. The number of amides is 1. The third kappa shape index (κ3) is 1.88. The summed E-state index contributed by atoms with van der Waals surface area (Å²) in [4.78, 5) is 22.1. The highest BCUT2D eigenvalue weighted by molar-refractivity contribution is 5.89. The van der Waals surface area contributed by atoms with Crippen LogP contribution in [0.2, 0.25) is 0 Å². The summed E-state index contributed by atoms with van der Waals surface area (Å²) in [5, 5.41) is 11.3. The first-order valence-corrected chi connectivity index (χ1v) is 4.85. The van der Waals surface area contributed by atoms with Crippen LogP contribution in [0.3, 0.4) is 0 Å². The van der Waals surface area contributed by atoms with Crippen molar-refractivity contribution in [1.29, 1.82) is 0 Å². The highest BCUT2D eigenvalue weighted by Crippen LogP contribution is 2.28. The molecule has 1 aliphatic rings. The first kappa shape index (κ1) is 10.6. The Labute approximate surface area is 91.1 Å². The van der Waals surface area contributed by atoms with Gasteiger partial charge in [-0.3, -0.25) is 4.79 Å². The first-order chi connectivity index (χ1) is 7.58. The highest BCUT2D eigenvalue weighted by atomic mass is 19.1. The van der Waals surface area contributed by atoms with Gasteiger partial charge in [0.05, 0.1) is 0 Å². The number of carboxylic acids is 1. The molecule has 0 bridgehead atoms. The summed E-state index contributed by atoms with van der Waals surface area (Å²) in [5.41, 5.74) is 0.533. The molecule has 1 aliphatic heterocycles. The quantitative estimate of drug-likeness (QED) is 0.782. The van der Waals surface area contributed by atoms with E-state index < -0.39 is 23.7 Å². The van der Waals surface area contributed by atoms with Gasteiger partial charge in [0.2, 0.25) is 5.91 Å². The van der Waals surface area contributed by atoms with Gasteiger partial charge >= 0.3 is 5.97 Å². The van der Waals surface area contributed by atoms with Crippen molar-refractivity contribution in [2.24, 2.45) is 0 Å². The van der Waals surface area contributed by atoms with Gasteiger partial charge in [-0.05, 0) is 17.7 Å². The summed E-state index contributed by atoms with van der Waals surface area (Å²) < 4.78 is 13.0. The van der Waals surface area contributed by atoms with E-state index in [2.05, 4.69) is 5.32 Å². The molecular formula is C11H10FNO3. The molecule has 0 radical (unpaired) electrons. The van der Waals surface area contributed by atoms with Crippen LogP contribution in [-0.2, 0) is 9.59 Å². The number of aliphatic carboxylic acids is 1. The molecule has 2 N–H and O–H groups in total. The summed E-state index contributed by atoms with van der Waals surface area (Å²) in [7, 11) is 0. The van der Waals surface area contributed by atoms with Crippen LogP contribution in [0.4, 0.5) is 4.39 Å². The smallest absolute Gasteiger partial charge is 0.326 e.